The zero-order valence-corrected chi connectivity index (χ0v) is 22.3. The van der Waals surface area contributed by atoms with Crippen molar-refractivity contribution in [1.82, 2.24) is 4.98 Å². The molecule has 0 spiro atoms. The number of aromatic amines is 1. The lowest BCUT2D eigenvalue weighted by Gasteiger charge is -2.20. The first kappa shape index (κ1) is 26.0. The van der Waals surface area contributed by atoms with Gasteiger partial charge in [0.2, 0.25) is 0 Å². The summed E-state index contributed by atoms with van der Waals surface area (Å²) < 4.78 is 16.7. The molecule has 1 unspecified atom stereocenters. The number of hydrogen-bond acceptors (Lipinski definition) is 6. The minimum Gasteiger partial charge on any atom is -0.507 e. The van der Waals surface area contributed by atoms with Crippen molar-refractivity contribution in [3.05, 3.63) is 141 Å². The lowest BCUT2D eigenvalue weighted by Crippen LogP contribution is -2.17. The average molecular weight is 546 g/mol. The number of carbonyl (C=O) groups is 1. The van der Waals surface area contributed by atoms with E-state index in [1.165, 1.54) is 7.11 Å². The third kappa shape index (κ3) is 4.82. The predicted octanol–water partition coefficient (Wildman–Crippen LogP) is 6.57. The summed E-state index contributed by atoms with van der Waals surface area (Å²) in [6, 6.07) is 31.1. The van der Waals surface area contributed by atoms with Crippen molar-refractivity contribution in [2.24, 2.45) is 0 Å². The van der Waals surface area contributed by atoms with Crippen LogP contribution in [0.5, 0.6) is 11.5 Å². The van der Waals surface area contributed by atoms with Gasteiger partial charge in [-0.15, -0.1) is 0 Å². The van der Waals surface area contributed by atoms with Crippen LogP contribution in [0.15, 0.2) is 112 Å². The van der Waals surface area contributed by atoms with Gasteiger partial charge in [0, 0.05) is 23.0 Å². The van der Waals surface area contributed by atoms with Crippen LogP contribution in [0.4, 0.5) is 0 Å². The second-order valence-electron chi connectivity index (χ2n) is 9.64. The highest BCUT2D eigenvalue weighted by Gasteiger charge is 2.30. The molecule has 0 fully saturated rings. The molecule has 204 valence electrons. The molecule has 0 saturated carbocycles. The number of benzene rings is 4. The van der Waals surface area contributed by atoms with Crippen LogP contribution in [0.1, 0.15) is 38.7 Å². The molecule has 1 atom stereocenters. The molecular formula is C34H27NO6. The van der Waals surface area contributed by atoms with Crippen molar-refractivity contribution in [1.29, 1.82) is 0 Å². The van der Waals surface area contributed by atoms with Crippen LogP contribution in [0, 0.1) is 0 Å². The molecule has 6 rings (SSSR count). The zero-order chi connectivity index (χ0) is 28.3. The van der Waals surface area contributed by atoms with Gasteiger partial charge in [0.25, 0.3) is 0 Å². The van der Waals surface area contributed by atoms with E-state index in [-0.39, 0.29) is 17.9 Å². The third-order valence-electron chi connectivity index (χ3n) is 7.29. The summed E-state index contributed by atoms with van der Waals surface area (Å²) in [6.45, 7) is 0.0888. The molecule has 0 radical (unpaired) electrons. The molecule has 41 heavy (non-hydrogen) atoms. The maximum Gasteiger partial charge on any atom is 0.344 e. The maximum absolute atomic E-state index is 13.5. The van der Waals surface area contributed by atoms with Crippen LogP contribution >= 0.6 is 0 Å². The number of para-hydroxylation sites is 3. The number of aromatic nitrogens is 1. The molecule has 0 aliphatic heterocycles. The molecule has 0 amide bonds. The van der Waals surface area contributed by atoms with Crippen molar-refractivity contribution in [2.45, 2.75) is 12.3 Å². The Morgan fingerprint density at radius 1 is 0.878 bits per heavy atom. The number of fused-ring (bicyclic) bond motifs is 2. The maximum atomic E-state index is 13.5. The van der Waals surface area contributed by atoms with E-state index in [0.29, 0.717) is 34.4 Å². The fraction of sp³-hybridized carbons (Fsp3) is 0.118. The Morgan fingerprint density at radius 2 is 1.56 bits per heavy atom. The number of esters is 1. The second kappa shape index (κ2) is 11.1. The zero-order valence-electron chi connectivity index (χ0n) is 22.3. The first-order chi connectivity index (χ1) is 20.1. The monoisotopic (exact) mass is 545 g/mol. The normalized spacial score (nSPS) is 11.9. The van der Waals surface area contributed by atoms with Gasteiger partial charge in [-0.3, -0.25) is 0 Å². The van der Waals surface area contributed by atoms with Crippen molar-refractivity contribution in [3.63, 3.8) is 0 Å². The van der Waals surface area contributed by atoms with Gasteiger partial charge in [0.05, 0.1) is 30.6 Å². The molecule has 2 N–H and O–H groups in total. The van der Waals surface area contributed by atoms with Crippen LogP contribution < -0.4 is 10.4 Å². The summed E-state index contributed by atoms with van der Waals surface area (Å²) in [7, 11) is 1.51. The highest BCUT2D eigenvalue weighted by atomic mass is 16.5. The number of methoxy groups -OCH3 is 1. The van der Waals surface area contributed by atoms with Crippen LogP contribution in [-0.2, 0) is 11.2 Å². The molecule has 7 heteroatoms. The van der Waals surface area contributed by atoms with Gasteiger partial charge in [0.1, 0.15) is 22.6 Å². The van der Waals surface area contributed by atoms with E-state index in [9.17, 15) is 14.7 Å². The van der Waals surface area contributed by atoms with E-state index in [4.69, 9.17) is 13.9 Å². The van der Waals surface area contributed by atoms with Crippen molar-refractivity contribution < 1.29 is 23.8 Å². The predicted molar refractivity (Wildman–Crippen MR) is 157 cm³/mol. The highest BCUT2D eigenvalue weighted by Crippen LogP contribution is 2.41. The van der Waals surface area contributed by atoms with E-state index >= 15 is 0 Å². The molecule has 0 aliphatic rings. The number of aromatic hydroxyl groups is 1. The molecule has 0 saturated heterocycles. The molecule has 0 bridgehead atoms. The number of H-pyrrole nitrogens is 1. The molecule has 0 aliphatic carbocycles. The minimum absolute atomic E-state index is 0.0888. The Bertz CT molecular complexity index is 1920. The van der Waals surface area contributed by atoms with Crippen LogP contribution in [-0.4, -0.2) is 29.8 Å². The Balaban J connectivity index is 1.46. The summed E-state index contributed by atoms with van der Waals surface area (Å²) >= 11 is 0. The van der Waals surface area contributed by atoms with Gasteiger partial charge >= 0.3 is 11.6 Å². The summed E-state index contributed by atoms with van der Waals surface area (Å²) in [5.74, 6) is -0.855. The largest absolute Gasteiger partial charge is 0.507 e. The highest BCUT2D eigenvalue weighted by molar-refractivity contribution is 5.92. The molecule has 2 heterocycles. The van der Waals surface area contributed by atoms with E-state index < -0.39 is 17.5 Å². The van der Waals surface area contributed by atoms with Gasteiger partial charge in [-0.1, -0.05) is 72.8 Å². The average Bonchev–Trinajstić information content (AvgIpc) is 3.37. The lowest BCUT2D eigenvalue weighted by atomic mass is 9.85. The number of hydrogen-bond donors (Lipinski definition) is 2. The molecule has 2 aromatic heterocycles. The Hall–Kier alpha value is -5.30. The fourth-order valence-corrected chi connectivity index (χ4v) is 5.40. The van der Waals surface area contributed by atoms with Crippen molar-refractivity contribution >= 4 is 27.8 Å². The van der Waals surface area contributed by atoms with Crippen molar-refractivity contribution in [2.75, 3.05) is 13.7 Å². The fourth-order valence-electron chi connectivity index (χ4n) is 5.40. The summed E-state index contributed by atoms with van der Waals surface area (Å²) in [5.41, 5.74) is 3.40. The third-order valence-corrected chi connectivity index (χ3v) is 7.29. The number of nitrogens with one attached hydrogen (secondary N) is 1. The SMILES string of the molecule is COc1ccccc1C(=O)OCCc1c(C(c2ccccc2)c2c(O)c3ccccc3oc2=O)[nH]c2ccccc12. The summed E-state index contributed by atoms with van der Waals surface area (Å²) in [6.07, 6.45) is 0.364. The topological polar surface area (TPSA) is 102 Å². The molecule has 6 aromatic rings. The lowest BCUT2D eigenvalue weighted by molar-refractivity contribution is 0.0505. The number of rotatable bonds is 8. The molecule has 4 aromatic carbocycles. The summed E-state index contributed by atoms with van der Waals surface area (Å²) in [5, 5.41) is 12.8. The first-order valence-corrected chi connectivity index (χ1v) is 13.3. The van der Waals surface area contributed by atoms with Gasteiger partial charge in [-0.05, 0) is 41.5 Å². The summed E-state index contributed by atoms with van der Waals surface area (Å²) in [4.78, 5) is 29.9. The van der Waals surface area contributed by atoms with Crippen LogP contribution in [0.25, 0.3) is 21.9 Å². The standard InChI is InChI=1S/C34H27NO6/c1-39-27-17-9-7-15-25(27)33(37)40-20-19-23-22-13-5-8-16-26(22)35-31(23)29(21-11-3-2-4-12-21)30-32(36)24-14-6-10-18-28(24)41-34(30)38/h2-18,29,35-36H,19-20H2,1H3. The van der Waals surface area contributed by atoms with E-state index in [2.05, 4.69) is 4.98 Å². The quantitative estimate of drug-likeness (QED) is 0.166. The first-order valence-electron chi connectivity index (χ1n) is 13.3. The minimum atomic E-state index is -0.677. The number of ether oxygens (including phenoxy) is 2. The molecular weight excluding hydrogens is 518 g/mol. The van der Waals surface area contributed by atoms with Crippen LogP contribution in [0.3, 0.4) is 0 Å². The van der Waals surface area contributed by atoms with E-state index in [1.807, 2.05) is 54.6 Å². The van der Waals surface area contributed by atoms with Gasteiger partial charge in [0.15, 0.2) is 0 Å². The van der Waals surface area contributed by atoms with Gasteiger partial charge in [-0.2, -0.15) is 0 Å². The van der Waals surface area contributed by atoms with E-state index in [1.54, 1.807) is 48.5 Å². The second-order valence-corrected chi connectivity index (χ2v) is 9.64. The Morgan fingerprint density at radius 3 is 2.37 bits per heavy atom. The van der Waals surface area contributed by atoms with Gasteiger partial charge < -0.3 is 24.0 Å². The number of carbonyl (C=O) groups excluding carboxylic acids is 1. The van der Waals surface area contributed by atoms with Crippen molar-refractivity contribution in [3.8, 4) is 11.5 Å². The van der Waals surface area contributed by atoms with E-state index in [0.717, 1.165) is 22.0 Å². The smallest absolute Gasteiger partial charge is 0.344 e. The van der Waals surface area contributed by atoms with Gasteiger partial charge in [-0.25, -0.2) is 9.59 Å². The molecule has 7 nitrogen and oxygen atoms in total. The Labute approximate surface area is 235 Å². The Kier molecular flexibility index (Phi) is 7.00. The van der Waals surface area contributed by atoms with Crippen LogP contribution in [0.2, 0.25) is 0 Å².